The molecule has 0 aromatic heterocycles. The molecule has 0 saturated heterocycles. The van der Waals surface area contributed by atoms with E-state index in [1.54, 1.807) is 7.11 Å². The summed E-state index contributed by atoms with van der Waals surface area (Å²) in [6.07, 6.45) is 1.32. The van der Waals surface area contributed by atoms with Crippen LogP contribution in [0.2, 0.25) is 0 Å². The molecular formula is C12H17NO2. The maximum Gasteiger partial charge on any atom is 0.253 e. The summed E-state index contributed by atoms with van der Waals surface area (Å²) in [6, 6.07) is 9.40. The first kappa shape index (κ1) is 11.7. The van der Waals surface area contributed by atoms with Crippen molar-refractivity contribution in [2.75, 3.05) is 12.4 Å². The lowest BCUT2D eigenvalue weighted by Crippen LogP contribution is -2.29. The number of para-hydroxylation sites is 1. The largest absolute Gasteiger partial charge is 0.372 e. The van der Waals surface area contributed by atoms with Crippen LogP contribution in [0.15, 0.2) is 30.3 Å². The number of carbonyl (C=O) groups is 1. The second-order valence-corrected chi connectivity index (χ2v) is 3.37. The van der Waals surface area contributed by atoms with Crippen molar-refractivity contribution in [2.45, 2.75) is 25.9 Å². The van der Waals surface area contributed by atoms with Crippen LogP contribution in [0.25, 0.3) is 0 Å². The molecule has 15 heavy (non-hydrogen) atoms. The Morgan fingerprint density at radius 1 is 1.40 bits per heavy atom. The van der Waals surface area contributed by atoms with Crippen molar-refractivity contribution in [3.8, 4) is 0 Å². The maximum atomic E-state index is 11.7. The average Bonchev–Trinajstić information content (AvgIpc) is 2.27. The van der Waals surface area contributed by atoms with Gasteiger partial charge in [-0.3, -0.25) is 4.79 Å². The first-order chi connectivity index (χ1) is 7.27. The monoisotopic (exact) mass is 207 g/mol. The Kier molecular flexibility index (Phi) is 4.84. The summed E-state index contributed by atoms with van der Waals surface area (Å²) < 4.78 is 5.11. The number of benzene rings is 1. The highest BCUT2D eigenvalue weighted by Gasteiger charge is 2.16. The summed E-state index contributed by atoms with van der Waals surface area (Å²) in [6.45, 7) is 2.03. The van der Waals surface area contributed by atoms with Gasteiger partial charge < -0.3 is 10.1 Å². The second kappa shape index (κ2) is 6.19. The molecule has 3 nitrogen and oxygen atoms in total. The molecule has 0 radical (unpaired) electrons. The Morgan fingerprint density at radius 2 is 2.07 bits per heavy atom. The van der Waals surface area contributed by atoms with E-state index in [1.807, 2.05) is 37.3 Å². The third-order valence-corrected chi connectivity index (χ3v) is 2.17. The van der Waals surface area contributed by atoms with Gasteiger partial charge in [-0.05, 0) is 18.6 Å². The Hall–Kier alpha value is -1.35. The summed E-state index contributed by atoms with van der Waals surface area (Å²) in [5.41, 5.74) is 0.806. The van der Waals surface area contributed by atoms with Crippen LogP contribution >= 0.6 is 0 Å². The van der Waals surface area contributed by atoms with Crippen LogP contribution in [0.1, 0.15) is 19.8 Å². The molecule has 1 atom stereocenters. The lowest BCUT2D eigenvalue weighted by atomic mass is 10.2. The highest BCUT2D eigenvalue weighted by molar-refractivity contribution is 5.94. The number of hydrogen-bond acceptors (Lipinski definition) is 2. The van der Waals surface area contributed by atoms with Crippen molar-refractivity contribution >= 4 is 11.6 Å². The molecule has 82 valence electrons. The predicted octanol–water partition coefficient (Wildman–Crippen LogP) is 2.44. The predicted molar refractivity (Wildman–Crippen MR) is 60.8 cm³/mol. The fourth-order valence-corrected chi connectivity index (χ4v) is 1.36. The average molecular weight is 207 g/mol. The van der Waals surface area contributed by atoms with Crippen molar-refractivity contribution in [1.29, 1.82) is 0 Å². The van der Waals surface area contributed by atoms with E-state index in [0.717, 1.165) is 18.5 Å². The van der Waals surface area contributed by atoms with Crippen LogP contribution in [-0.4, -0.2) is 19.1 Å². The van der Waals surface area contributed by atoms with Crippen molar-refractivity contribution in [2.24, 2.45) is 0 Å². The summed E-state index contributed by atoms with van der Waals surface area (Å²) in [7, 11) is 1.56. The first-order valence-electron chi connectivity index (χ1n) is 5.16. The number of anilines is 1. The van der Waals surface area contributed by atoms with E-state index < -0.39 is 0 Å². The van der Waals surface area contributed by atoms with E-state index in [1.165, 1.54) is 0 Å². The number of ether oxygens (including phenoxy) is 1. The topological polar surface area (TPSA) is 38.3 Å². The molecule has 1 N–H and O–H groups in total. The Morgan fingerprint density at radius 3 is 2.60 bits per heavy atom. The van der Waals surface area contributed by atoms with Crippen LogP contribution in [-0.2, 0) is 9.53 Å². The molecular weight excluding hydrogens is 190 g/mol. The molecule has 0 fully saturated rings. The van der Waals surface area contributed by atoms with Crippen molar-refractivity contribution in [1.82, 2.24) is 0 Å². The van der Waals surface area contributed by atoms with Gasteiger partial charge in [-0.25, -0.2) is 0 Å². The number of nitrogens with one attached hydrogen (secondary N) is 1. The molecule has 1 aromatic carbocycles. The van der Waals surface area contributed by atoms with Gasteiger partial charge in [0, 0.05) is 12.8 Å². The molecule has 0 aliphatic heterocycles. The molecule has 0 bridgehead atoms. The maximum absolute atomic E-state index is 11.7. The third kappa shape index (κ3) is 3.72. The van der Waals surface area contributed by atoms with Gasteiger partial charge in [0.25, 0.3) is 5.91 Å². The quantitative estimate of drug-likeness (QED) is 0.805. The SMILES string of the molecule is CCC[C@@H](OC)C(=O)Nc1ccccc1. The van der Waals surface area contributed by atoms with E-state index in [9.17, 15) is 4.79 Å². The Balaban J connectivity index is 2.54. The van der Waals surface area contributed by atoms with Crippen molar-refractivity contribution < 1.29 is 9.53 Å². The summed E-state index contributed by atoms with van der Waals surface area (Å²) in [5.74, 6) is -0.0782. The van der Waals surface area contributed by atoms with E-state index >= 15 is 0 Å². The zero-order valence-corrected chi connectivity index (χ0v) is 9.19. The molecule has 0 unspecified atom stereocenters. The highest BCUT2D eigenvalue weighted by Crippen LogP contribution is 2.08. The molecule has 3 heteroatoms. The smallest absolute Gasteiger partial charge is 0.253 e. The van der Waals surface area contributed by atoms with E-state index in [4.69, 9.17) is 4.74 Å². The van der Waals surface area contributed by atoms with E-state index in [0.29, 0.717) is 0 Å². The number of hydrogen-bond donors (Lipinski definition) is 1. The summed E-state index contributed by atoms with van der Waals surface area (Å²) in [4.78, 5) is 11.7. The molecule has 0 aliphatic carbocycles. The van der Waals surface area contributed by atoms with Gasteiger partial charge in [0.15, 0.2) is 0 Å². The van der Waals surface area contributed by atoms with Crippen molar-refractivity contribution in [3.05, 3.63) is 30.3 Å². The van der Waals surface area contributed by atoms with Crippen LogP contribution in [0, 0.1) is 0 Å². The van der Waals surface area contributed by atoms with Crippen LogP contribution in [0.5, 0.6) is 0 Å². The molecule has 0 saturated carbocycles. The molecule has 1 aromatic rings. The van der Waals surface area contributed by atoms with Gasteiger partial charge in [0.05, 0.1) is 0 Å². The molecule has 1 rings (SSSR count). The number of carbonyl (C=O) groups excluding carboxylic acids is 1. The summed E-state index contributed by atoms with van der Waals surface area (Å²) >= 11 is 0. The molecule has 1 amide bonds. The number of methoxy groups -OCH3 is 1. The van der Waals surface area contributed by atoms with Gasteiger partial charge in [-0.1, -0.05) is 31.5 Å². The van der Waals surface area contributed by atoms with Crippen LogP contribution in [0.4, 0.5) is 5.69 Å². The number of rotatable bonds is 5. The van der Waals surface area contributed by atoms with Crippen LogP contribution < -0.4 is 5.32 Å². The van der Waals surface area contributed by atoms with Gasteiger partial charge in [0.2, 0.25) is 0 Å². The minimum atomic E-state index is -0.352. The molecule has 0 aliphatic rings. The fourth-order valence-electron chi connectivity index (χ4n) is 1.36. The summed E-state index contributed by atoms with van der Waals surface area (Å²) in [5, 5.41) is 2.81. The zero-order valence-electron chi connectivity index (χ0n) is 9.19. The van der Waals surface area contributed by atoms with Gasteiger partial charge in [-0.2, -0.15) is 0 Å². The van der Waals surface area contributed by atoms with Crippen molar-refractivity contribution in [3.63, 3.8) is 0 Å². The second-order valence-electron chi connectivity index (χ2n) is 3.37. The Labute approximate surface area is 90.4 Å². The van der Waals surface area contributed by atoms with E-state index in [2.05, 4.69) is 5.32 Å². The molecule has 0 spiro atoms. The standard InChI is InChI=1S/C12H17NO2/c1-3-7-11(15-2)12(14)13-10-8-5-4-6-9-10/h4-6,8-9,11H,3,7H2,1-2H3,(H,13,14)/t11-/m1/s1. The lowest BCUT2D eigenvalue weighted by Gasteiger charge is -2.14. The third-order valence-electron chi connectivity index (χ3n) is 2.17. The van der Waals surface area contributed by atoms with Gasteiger partial charge in [-0.15, -0.1) is 0 Å². The normalized spacial score (nSPS) is 12.1. The minimum absolute atomic E-state index is 0.0782. The zero-order chi connectivity index (χ0) is 11.1. The Bertz CT molecular complexity index is 298. The van der Waals surface area contributed by atoms with Crippen LogP contribution in [0.3, 0.4) is 0 Å². The minimum Gasteiger partial charge on any atom is -0.372 e. The van der Waals surface area contributed by atoms with E-state index in [-0.39, 0.29) is 12.0 Å². The highest BCUT2D eigenvalue weighted by atomic mass is 16.5. The number of amides is 1. The van der Waals surface area contributed by atoms with Gasteiger partial charge in [0.1, 0.15) is 6.10 Å². The van der Waals surface area contributed by atoms with Gasteiger partial charge >= 0.3 is 0 Å². The first-order valence-corrected chi connectivity index (χ1v) is 5.16. The lowest BCUT2D eigenvalue weighted by molar-refractivity contribution is -0.126. The molecule has 0 heterocycles. The fraction of sp³-hybridized carbons (Fsp3) is 0.417.